The molecule has 1 N–H and O–H groups in total. The van der Waals surface area contributed by atoms with Gasteiger partial charge in [-0.1, -0.05) is 6.92 Å². The summed E-state index contributed by atoms with van der Waals surface area (Å²) in [6.45, 7) is 4.78. The second kappa shape index (κ2) is 4.60. The first kappa shape index (κ1) is 9.71. The fourth-order valence-corrected chi connectivity index (χ4v) is 1.52. The Balaban J connectivity index is 2.18. The molecule has 1 saturated heterocycles. The van der Waals surface area contributed by atoms with Crippen molar-refractivity contribution in [3.8, 4) is 0 Å². The second-order valence-electron chi connectivity index (χ2n) is 3.05. The zero-order valence-corrected chi connectivity index (χ0v) is 8.49. The zero-order valence-electron chi connectivity index (χ0n) is 7.67. The summed E-state index contributed by atoms with van der Waals surface area (Å²) in [5.74, 6) is 0. The molecular weight excluding hydrogens is 172 g/mol. The lowest BCUT2D eigenvalue weighted by atomic mass is 10.3. The van der Waals surface area contributed by atoms with Gasteiger partial charge >= 0.3 is 6.03 Å². The van der Waals surface area contributed by atoms with Crippen molar-refractivity contribution in [3.05, 3.63) is 0 Å². The number of urea groups is 1. The molecule has 70 valence electrons. The van der Waals surface area contributed by atoms with E-state index in [0.717, 1.165) is 26.1 Å². The second-order valence-corrected chi connectivity index (χ2v) is 4.33. The smallest absolute Gasteiger partial charge is 0.317 e. The van der Waals surface area contributed by atoms with Crippen molar-refractivity contribution < 1.29 is 4.79 Å². The Morgan fingerprint density at radius 3 is 3.00 bits per heavy atom. The van der Waals surface area contributed by atoms with Crippen molar-refractivity contribution in [2.24, 2.45) is 0 Å². The van der Waals surface area contributed by atoms with Gasteiger partial charge in [0, 0.05) is 24.9 Å². The van der Waals surface area contributed by atoms with E-state index in [-0.39, 0.29) is 6.03 Å². The Morgan fingerprint density at radius 1 is 1.75 bits per heavy atom. The van der Waals surface area contributed by atoms with Crippen molar-refractivity contribution in [1.82, 2.24) is 10.2 Å². The van der Waals surface area contributed by atoms with Crippen LogP contribution in [0, 0.1) is 0 Å². The predicted molar refractivity (Wildman–Crippen MR) is 52.6 cm³/mol. The molecule has 0 saturated carbocycles. The fraction of sp³-hybridized carbons (Fsp3) is 0.875. The van der Waals surface area contributed by atoms with Crippen LogP contribution in [-0.4, -0.2) is 42.1 Å². The third-order valence-electron chi connectivity index (χ3n) is 2.15. The number of thioether (sulfide) groups is 1. The SMILES string of the molecule is CSC(C)CCN1CCNC1=O. The lowest BCUT2D eigenvalue weighted by molar-refractivity contribution is 0.217. The van der Waals surface area contributed by atoms with E-state index >= 15 is 0 Å². The average molecular weight is 188 g/mol. The van der Waals surface area contributed by atoms with Crippen molar-refractivity contribution in [2.45, 2.75) is 18.6 Å². The first-order valence-electron chi connectivity index (χ1n) is 4.29. The Bertz CT molecular complexity index is 163. The van der Waals surface area contributed by atoms with Crippen LogP contribution < -0.4 is 5.32 Å². The van der Waals surface area contributed by atoms with E-state index in [0.29, 0.717) is 5.25 Å². The minimum Gasteiger partial charge on any atom is -0.336 e. The van der Waals surface area contributed by atoms with Crippen LogP contribution in [0.25, 0.3) is 0 Å². The van der Waals surface area contributed by atoms with Gasteiger partial charge in [-0.25, -0.2) is 4.79 Å². The molecular formula is C8H16N2OS. The summed E-state index contributed by atoms with van der Waals surface area (Å²) in [7, 11) is 0. The van der Waals surface area contributed by atoms with Gasteiger partial charge in [-0.05, 0) is 12.7 Å². The van der Waals surface area contributed by atoms with E-state index < -0.39 is 0 Å². The molecule has 1 atom stereocenters. The van der Waals surface area contributed by atoms with E-state index in [1.54, 1.807) is 0 Å². The molecule has 1 heterocycles. The first-order valence-corrected chi connectivity index (χ1v) is 5.58. The normalized spacial score (nSPS) is 19.5. The predicted octanol–water partition coefficient (Wildman–Crippen LogP) is 1.15. The van der Waals surface area contributed by atoms with E-state index in [2.05, 4.69) is 18.5 Å². The third-order valence-corrected chi connectivity index (χ3v) is 3.19. The molecule has 1 unspecified atom stereocenters. The molecule has 1 aliphatic rings. The highest BCUT2D eigenvalue weighted by atomic mass is 32.2. The lowest BCUT2D eigenvalue weighted by Gasteiger charge is -2.15. The highest BCUT2D eigenvalue weighted by Gasteiger charge is 2.18. The van der Waals surface area contributed by atoms with Gasteiger partial charge in [0.05, 0.1) is 0 Å². The van der Waals surface area contributed by atoms with Crippen molar-refractivity contribution >= 4 is 17.8 Å². The summed E-state index contributed by atoms with van der Waals surface area (Å²) in [5, 5.41) is 3.44. The van der Waals surface area contributed by atoms with Gasteiger partial charge in [-0.3, -0.25) is 0 Å². The molecule has 2 amide bonds. The van der Waals surface area contributed by atoms with E-state index in [9.17, 15) is 4.79 Å². The van der Waals surface area contributed by atoms with Crippen LogP contribution in [0.15, 0.2) is 0 Å². The molecule has 0 spiro atoms. The number of nitrogens with zero attached hydrogens (tertiary/aromatic N) is 1. The first-order chi connectivity index (χ1) is 5.74. The van der Waals surface area contributed by atoms with E-state index in [1.165, 1.54) is 0 Å². The van der Waals surface area contributed by atoms with Crippen molar-refractivity contribution in [3.63, 3.8) is 0 Å². The molecule has 0 aromatic carbocycles. The van der Waals surface area contributed by atoms with Crippen LogP contribution >= 0.6 is 11.8 Å². The quantitative estimate of drug-likeness (QED) is 0.718. The molecule has 0 aromatic heterocycles. The van der Waals surface area contributed by atoms with Crippen LogP contribution in [0.2, 0.25) is 0 Å². The highest BCUT2D eigenvalue weighted by Crippen LogP contribution is 2.10. The highest BCUT2D eigenvalue weighted by molar-refractivity contribution is 7.99. The summed E-state index contributed by atoms with van der Waals surface area (Å²) >= 11 is 1.85. The standard InChI is InChI=1S/C8H16N2OS/c1-7(12-2)3-5-10-6-4-9-8(10)11/h7H,3-6H2,1-2H3,(H,9,11). The third kappa shape index (κ3) is 2.59. The lowest BCUT2D eigenvalue weighted by Crippen LogP contribution is -2.30. The van der Waals surface area contributed by atoms with Gasteiger partial charge in [0.25, 0.3) is 0 Å². The Labute approximate surface area is 77.9 Å². The molecule has 12 heavy (non-hydrogen) atoms. The molecule has 0 bridgehead atoms. The monoisotopic (exact) mass is 188 g/mol. The number of carbonyl (C=O) groups excluding carboxylic acids is 1. The van der Waals surface area contributed by atoms with E-state index in [4.69, 9.17) is 0 Å². The Kier molecular flexibility index (Phi) is 3.72. The molecule has 3 nitrogen and oxygen atoms in total. The van der Waals surface area contributed by atoms with E-state index in [1.807, 2.05) is 16.7 Å². The fourth-order valence-electron chi connectivity index (χ4n) is 1.18. The maximum atomic E-state index is 11.1. The summed E-state index contributed by atoms with van der Waals surface area (Å²) in [6, 6.07) is 0.100. The Hall–Kier alpha value is -0.380. The molecule has 4 heteroatoms. The number of hydrogen-bond acceptors (Lipinski definition) is 2. The van der Waals surface area contributed by atoms with Crippen LogP contribution in [0.5, 0.6) is 0 Å². The maximum Gasteiger partial charge on any atom is 0.317 e. The topological polar surface area (TPSA) is 32.3 Å². The van der Waals surface area contributed by atoms with Crippen LogP contribution in [0.3, 0.4) is 0 Å². The average Bonchev–Trinajstić information content (AvgIpc) is 2.47. The molecule has 1 aliphatic heterocycles. The summed E-state index contributed by atoms with van der Waals surface area (Å²) in [4.78, 5) is 13.0. The van der Waals surface area contributed by atoms with Gasteiger partial charge < -0.3 is 10.2 Å². The largest absolute Gasteiger partial charge is 0.336 e. The van der Waals surface area contributed by atoms with Gasteiger partial charge in [-0.15, -0.1) is 0 Å². The maximum absolute atomic E-state index is 11.1. The number of hydrogen-bond donors (Lipinski definition) is 1. The van der Waals surface area contributed by atoms with Crippen molar-refractivity contribution in [2.75, 3.05) is 25.9 Å². The number of carbonyl (C=O) groups is 1. The van der Waals surface area contributed by atoms with Gasteiger partial charge in [0.15, 0.2) is 0 Å². The van der Waals surface area contributed by atoms with Gasteiger partial charge in [0.2, 0.25) is 0 Å². The minimum absolute atomic E-state index is 0.100. The number of amides is 2. The Morgan fingerprint density at radius 2 is 2.50 bits per heavy atom. The summed E-state index contributed by atoms with van der Waals surface area (Å²) < 4.78 is 0. The molecule has 1 rings (SSSR count). The molecule has 1 fully saturated rings. The van der Waals surface area contributed by atoms with Gasteiger partial charge in [-0.2, -0.15) is 11.8 Å². The number of nitrogens with one attached hydrogen (secondary N) is 1. The van der Waals surface area contributed by atoms with Gasteiger partial charge in [0.1, 0.15) is 0 Å². The van der Waals surface area contributed by atoms with Crippen molar-refractivity contribution in [1.29, 1.82) is 0 Å². The minimum atomic E-state index is 0.100. The van der Waals surface area contributed by atoms with Crippen LogP contribution in [0.1, 0.15) is 13.3 Å². The molecule has 0 aliphatic carbocycles. The summed E-state index contributed by atoms with van der Waals surface area (Å²) in [5.41, 5.74) is 0. The molecule has 0 aromatic rings. The van der Waals surface area contributed by atoms with Crippen LogP contribution in [-0.2, 0) is 0 Å². The zero-order chi connectivity index (χ0) is 8.97. The van der Waals surface area contributed by atoms with Crippen LogP contribution in [0.4, 0.5) is 4.79 Å². The molecule has 0 radical (unpaired) electrons. The summed E-state index contributed by atoms with van der Waals surface area (Å²) in [6.07, 6.45) is 3.20. The number of rotatable bonds is 4.